The number of anilines is 4. The lowest BCUT2D eigenvalue weighted by atomic mass is 9.33. The van der Waals surface area contributed by atoms with Gasteiger partial charge in [0.25, 0.3) is 6.71 Å². The topological polar surface area (TPSA) is 11.4 Å². The predicted molar refractivity (Wildman–Crippen MR) is 297 cm³/mol. The van der Waals surface area contributed by atoms with Gasteiger partial charge in [-0.05, 0) is 143 Å². The lowest BCUT2D eigenvalue weighted by Gasteiger charge is -2.53. The van der Waals surface area contributed by atoms with E-state index in [1.807, 2.05) is 0 Å². The molecule has 13 rings (SSSR count). The first-order chi connectivity index (χ1) is 32.1. The molecule has 5 heterocycles. The van der Waals surface area contributed by atoms with E-state index >= 15 is 0 Å². The molecule has 2 aliphatic carbocycles. The van der Waals surface area contributed by atoms with Crippen LogP contribution < -0.4 is 31.4 Å². The van der Waals surface area contributed by atoms with Crippen LogP contribution in [0.5, 0.6) is 0 Å². The summed E-state index contributed by atoms with van der Waals surface area (Å²) in [5.74, 6) is 0. The summed E-state index contributed by atoms with van der Waals surface area (Å²) < 4.78 is 2.77. The third-order valence-electron chi connectivity index (χ3n) is 19.7. The normalized spacial score (nSPS) is 25.7. The van der Waals surface area contributed by atoms with E-state index in [2.05, 4.69) is 206 Å². The second kappa shape index (κ2) is 13.4. The quantitative estimate of drug-likeness (QED) is 0.164. The van der Waals surface area contributed by atoms with E-state index in [0.717, 1.165) is 0 Å². The standard InChI is InChI=1S/C63H72BN3Si/c1-58(2,3)41-24-26-51-45(32-41)46-33-42(59(4,5)6)34-49-56(46)65(51)53-35-43(66-52-25-23-40(39-21-15-14-16-22-39)31-47(52)60(7)27-17-19-29-62(60,66)9)36-54-55(53)64(49)50-38-44(68(11,12)13)37-48-57(50)67(54)63(10)30-20-18-28-61(48,63)8/h14-16,21-26,31-38H,17-20,27-30H2,1-13H3. The number of benzene rings is 6. The van der Waals surface area contributed by atoms with Crippen LogP contribution in [-0.4, -0.2) is 30.4 Å². The van der Waals surface area contributed by atoms with E-state index in [0.29, 0.717) is 0 Å². The Bertz CT molecular complexity index is 3340. The Hall–Kier alpha value is -5.00. The molecule has 346 valence electrons. The minimum absolute atomic E-state index is 0.00233. The molecule has 7 aromatic rings. The van der Waals surface area contributed by atoms with Gasteiger partial charge in [-0.3, -0.25) is 0 Å². The van der Waals surface area contributed by atoms with E-state index < -0.39 is 8.07 Å². The van der Waals surface area contributed by atoms with E-state index in [9.17, 15) is 0 Å². The van der Waals surface area contributed by atoms with Gasteiger partial charge in [0.1, 0.15) is 0 Å². The summed E-state index contributed by atoms with van der Waals surface area (Å²) in [4.78, 5) is 5.87. The molecule has 3 nitrogen and oxygen atoms in total. The molecule has 1 aromatic heterocycles. The Morgan fingerprint density at radius 2 is 1.16 bits per heavy atom. The Labute approximate surface area is 408 Å². The van der Waals surface area contributed by atoms with E-state index in [1.54, 1.807) is 16.2 Å². The van der Waals surface area contributed by atoms with Crippen LogP contribution >= 0.6 is 0 Å². The van der Waals surface area contributed by atoms with Crippen molar-refractivity contribution in [1.82, 2.24) is 4.57 Å². The van der Waals surface area contributed by atoms with Crippen LogP contribution in [0.2, 0.25) is 19.6 Å². The largest absolute Gasteiger partial charge is 0.335 e. The first-order valence-corrected chi connectivity index (χ1v) is 29.9. The molecule has 6 aliphatic rings. The van der Waals surface area contributed by atoms with Gasteiger partial charge in [-0.2, -0.15) is 0 Å². The molecule has 0 spiro atoms. The molecule has 4 atom stereocenters. The molecule has 5 heteroatoms. The van der Waals surface area contributed by atoms with Gasteiger partial charge in [-0.1, -0.05) is 167 Å². The highest BCUT2D eigenvalue weighted by Crippen LogP contribution is 2.64. The van der Waals surface area contributed by atoms with Crippen LogP contribution in [0.3, 0.4) is 0 Å². The van der Waals surface area contributed by atoms with Crippen molar-refractivity contribution in [2.45, 2.75) is 173 Å². The number of aromatic nitrogens is 1. The van der Waals surface area contributed by atoms with Crippen LogP contribution in [0.1, 0.15) is 143 Å². The van der Waals surface area contributed by atoms with Crippen molar-refractivity contribution < 1.29 is 0 Å². The van der Waals surface area contributed by atoms with Crippen molar-refractivity contribution in [2.75, 3.05) is 9.80 Å². The first kappa shape index (κ1) is 43.1. The van der Waals surface area contributed by atoms with Gasteiger partial charge in [0, 0.05) is 55.6 Å². The van der Waals surface area contributed by atoms with Crippen LogP contribution in [0.15, 0.2) is 103 Å². The number of fused-ring (bicyclic) bond motifs is 13. The number of hydrogen-bond acceptors (Lipinski definition) is 2. The van der Waals surface area contributed by atoms with Crippen molar-refractivity contribution in [3.05, 3.63) is 125 Å². The zero-order valence-electron chi connectivity index (χ0n) is 43.4. The third-order valence-corrected chi connectivity index (χ3v) is 21.7. The SMILES string of the molecule is CC(C)(C)c1ccc2c(c1)c1cc(C(C)(C)C)cc3c1n2-c1cc(N2c4ccc(-c5ccccc5)cc4C4(C)CCCCC24C)cc2c1B3c1cc([Si](C)(C)C)cc3c1N2C1(C)CCCCC31C. The maximum Gasteiger partial charge on any atom is 0.252 e. The molecular weight excluding hydrogens is 838 g/mol. The van der Waals surface area contributed by atoms with Gasteiger partial charge in [-0.25, -0.2) is 0 Å². The third kappa shape index (κ3) is 5.33. The number of hydrogen-bond donors (Lipinski definition) is 0. The number of rotatable bonds is 3. The molecule has 0 bridgehead atoms. The maximum absolute atomic E-state index is 2.99. The fraction of sp³-hybridized carbons (Fsp3) is 0.429. The Balaban J connectivity index is 1.19. The summed E-state index contributed by atoms with van der Waals surface area (Å²) in [6, 6.07) is 42.2. The second-order valence-electron chi connectivity index (χ2n) is 26.5. The Morgan fingerprint density at radius 1 is 0.529 bits per heavy atom. The fourth-order valence-corrected chi connectivity index (χ4v) is 16.4. The highest BCUT2D eigenvalue weighted by Gasteiger charge is 2.63. The summed E-state index contributed by atoms with van der Waals surface area (Å²) in [7, 11) is -1.74. The lowest BCUT2D eigenvalue weighted by molar-refractivity contribution is 0.194. The molecule has 0 N–H and O–H groups in total. The van der Waals surface area contributed by atoms with Crippen LogP contribution in [0, 0.1) is 0 Å². The summed E-state index contributed by atoms with van der Waals surface area (Å²) in [6.07, 6.45) is 9.90. The summed E-state index contributed by atoms with van der Waals surface area (Å²) >= 11 is 0. The van der Waals surface area contributed by atoms with Gasteiger partial charge in [0.05, 0.1) is 24.7 Å². The smallest absolute Gasteiger partial charge is 0.252 e. The van der Waals surface area contributed by atoms with Gasteiger partial charge in [0.15, 0.2) is 0 Å². The van der Waals surface area contributed by atoms with Crippen molar-refractivity contribution in [3.8, 4) is 16.8 Å². The average molecular weight is 910 g/mol. The number of nitrogens with zero attached hydrogens (tertiary/aromatic N) is 3. The molecule has 4 aliphatic heterocycles. The average Bonchev–Trinajstić information content (AvgIpc) is 3.82. The zero-order chi connectivity index (χ0) is 47.5. The highest BCUT2D eigenvalue weighted by molar-refractivity contribution is 7.01. The van der Waals surface area contributed by atoms with Crippen LogP contribution in [0.25, 0.3) is 38.6 Å². The minimum Gasteiger partial charge on any atom is -0.335 e. The van der Waals surface area contributed by atoms with Crippen molar-refractivity contribution >= 4 is 80.9 Å². The highest BCUT2D eigenvalue weighted by atomic mass is 28.3. The molecule has 2 fully saturated rings. The van der Waals surface area contributed by atoms with Crippen LogP contribution in [-0.2, 0) is 21.7 Å². The molecule has 4 unspecified atom stereocenters. The van der Waals surface area contributed by atoms with Gasteiger partial charge in [0.2, 0.25) is 0 Å². The first-order valence-electron chi connectivity index (χ1n) is 26.4. The van der Waals surface area contributed by atoms with Crippen LogP contribution in [0.4, 0.5) is 22.7 Å². The molecule has 68 heavy (non-hydrogen) atoms. The Morgan fingerprint density at radius 3 is 1.84 bits per heavy atom. The second-order valence-corrected chi connectivity index (χ2v) is 31.5. The summed E-state index contributed by atoms with van der Waals surface area (Å²) in [5.41, 5.74) is 23.0. The van der Waals surface area contributed by atoms with Gasteiger partial charge in [-0.15, -0.1) is 0 Å². The van der Waals surface area contributed by atoms with Crippen molar-refractivity contribution in [1.29, 1.82) is 0 Å². The molecular formula is C63H72BN3Si. The molecule has 0 radical (unpaired) electrons. The van der Waals surface area contributed by atoms with E-state index in [1.165, 1.54) is 140 Å². The van der Waals surface area contributed by atoms with Gasteiger partial charge >= 0.3 is 0 Å². The van der Waals surface area contributed by atoms with E-state index in [4.69, 9.17) is 0 Å². The minimum atomic E-state index is -1.74. The molecule has 2 saturated carbocycles. The monoisotopic (exact) mass is 910 g/mol. The Kier molecular flexibility index (Phi) is 8.51. The molecule has 0 saturated heterocycles. The fourth-order valence-electron chi connectivity index (χ4n) is 15.3. The van der Waals surface area contributed by atoms with Crippen molar-refractivity contribution in [2.24, 2.45) is 0 Å². The molecule has 0 amide bonds. The lowest BCUT2D eigenvalue weighted by Crippen LogP contribution is -2.64. The molecule has 6 aromatic carbocycles. The van der Waals surface area contributed by atoms with Crippen molar-refractivity contribution in [3.63, 3.8) is 0 Å². The van der Waals surface area contributed by atoms with E-state index in [-0.39, 0.29) is 39.5 Å². The van der Waals surface area contributed by atoms with Gasteiger partial charge < -0.3 is 14.4 Å². The summed E-state index contributed by atoms with van der Waals surface area (Å²) in [6.45, 7) is 32.8. The predicted octanol–water partition coefficient (Wildman–Crippen LogP) is 14.2. The maximum atomic E-state index is 2.99. The summed E-state index contributed by atoms with van der Waals surface area (Å²) in [5, 5.41) is 4.41. The zero-order valence-corrected chi connectivity index (χ0v) is 44.4.